The van der Waals surface area contributed by atoms with Crippen molar-refractivity contribution in [2.75, 3.05) is 11.5 Å². The number of nitrogens with zero attached hydrogens (tertiary/aromatic N) is 2. The number of hydrogen-bond acceptors (Lipinski definition) is 2. The van der Waals surface area contributed by atoms with E-state index in [0.29, 0.717) is 23.7 Å². The third kappa shape index (κ3) is 4.06. The molecular weight excluding hydrogens is 468 g/mol. The maximum atomic E-state index is 13.7. The van der Waals surface area contributed by atoms with E-state index in [4.69, 9.17) is 16.3 Å². The summed E-state index contributed by atoms with van der Waals surface area (Å²) in [6, 6.07) is 33.4. The minimum atomic E-state index is -0.0229. The van der Waals surface area contributed by atoms with Gasteiger partial charge in [0.15, 0.2) is 0 Å². The van der Waals surface area contributed by atoms with E-state index in [-0.39, 0.29) is 5.91 Å². The van der Waals surface area contributed by atoms with Crippen LogP contribution in [0.4, 0.5) is 11.4 Å². The van der Waals surface area contributed by atoms with Gasteiger partial charge in [0.1, 0.15) is 12.4 Å². The van der Waals surface area contributed by atoms with Crippen molar-refractivity contribution in [3.8, 4) is 5.75 Å². The summed E-state index contributed by atoms with van der Waals surface area (Å²) in [5, 5.41) is 1.78. The van der Waals surface area contributed by atoms with Crippen molar-refractivity contribution >= 4 is 51.4 Å². The molecule has 1 aliphatic heterocycles. The van der Waals surface area contributed by atoms with Crippen molar-refractivity contribution < 1.29 is 9.53 Å². The zero-order chi connectivity index (χ0) is 24.5. The quantitative estimate of drug-likeness (QED) is 0.230. The Kier molecular flexibility index (Phi) is 5.80. The lowest BCUT2D eigenvalue weighted by atomic mass is 10.0. The number of benzene rings is 4. The van der Waals surface area contributed by atoms with Crippen LogP contribution in [0.15, 0.2) is 109 Å². The molecule has 0 radical (unpaired) electrons. The number of para-hydroxylation sites is 3. The Morgan fingerprint density at radius 2 is 1.53 bits per heavy atom. The molecule has 0 aliphatic carbocycles. The number of carbonyl (C=O) groups excluding carboxylic acids is 1. The summed E-state index contributed by atoms with van der Waals surface area (Å²) in [6.07, 6.45) is 4.12. The molecule has 0 unspecified atom stereocenters. The molecule has 6 rings (SSSR count). The first kappa shape index (κ1) is 22.2. The minimum absolute atomic E-state index is 0.0229. The zero-order valence-electron chi connectivity index (χ0n) is 19.5. The van der Waals surface area contributed by atoms with Gasteiger partial charge in [-0.2, -0.15) is 0 Å². The van der Waals surface area contributed by atoms with Crippen molar-refractivity contribution in [3.63, 3.8) is 0 Å². The maximum absolute atomic E-state index is 13.7. The zero-order valence-corrected chi connectivity index (χ0v) is 20.2. The summed E-state index contributed by atoms with van der Waals surface area (Å²) >= 11 is 5.97. The smallest absolute Gasteiger partial charge is 0.263 e. The van der Waals surface area contributed by atoms with Crippen LogP contribution in [0.3, 0.4) is 0 Å². The van der Waals surface area contributed by atoms with Crippen molar-refractivity contribution in [2.24, 2.45) is 0 Å². The highest BCUT2D eigenvalue weighted by Gasteiger charge is 2.33. The Balaban J connectivity index is 1.35. The van der Waals surface area contributed by atoms with Crippen molar-refractivity contribution in [1.82, 2.24) is 4.57 Å². The Bertz CT molecular complexity index is 1590. The summed E-state index contributed by atoms with van der Waals surface area (Å²) in [6.45, 7) is 1.19. The van der Waals surface area contributed by atoms with E-state index < -0.39 is 0 Å². The van der Waals surface area contributed by atoms with Crippen LogP contribution in [0, 0.1) is 0 Å². The molecule has 176 valence electrons. The van der Waals surface area contributed by atoms with Gasteiger partial charge in [0.05, 0.1) is 17.8 Å². The average molecular weight is 491 g/mol. The second kappa shape index (κ2) is 9.40. The van der Waals surface area contributed by atoms with Gasteiger partial charge in [0.25, 0.3) is 5.91 Å². The van der Waals surface area contributed by atoms with E-state index in [1.54, 1.807) is 4.90 Å². The van der Waals surface area contributed by atoms with Crippen LogP contribution >= 0.6 is 11.6 Å². The Morgan fingerprint density at radius 3 is 2.36 bits per heavy atom. The molecule has 0 saturated heterocycles. The van der Waals surface area contributed by atoms with E-state index in [1.165, 1.54) is 0 Å². The van der Waals surface area contributed by atoms with Crippen LogP contribution in [0.1, 0.15) is 11.1 Å². The normalized spacial score (nSPS) is 14.0. The van der Waals surface area contributed by atoms with Crippen molar-refractivity contribution in [3.05, 3.63) is 125 Å². The van der Waals surface area contributed by atoms with Gasteiger partial charge in [0, 0.05) is 38.9 Å². The summed E-state index contributed by atoms with van der Waals surface area (Å²) in [4.78, 5) is 15.5. The van der Waals surface area contributed by atoms with E-state index in [0.717, 1.165) is 39.2 Å². The lowest BCUT2D eigenvalue weighted by Gasteiger charge is -2.16. The Labute approximate surface area is 214 Å². The maximum Gasteiger partial charge on any atom is 0.263 e. The Morgan fingerprint density at radius 1 is 0.806 bits per heavy atom. The van der Waals surface area contributed by atoms with Gasteiger partial charge >= 0.3 is 0 Å². The topological polar surface area (TPSA) is 34.5 Å². The van der Waals surface area contributed by atoms with Crippen LogP contribution in [0.5, 0.6) is 5.75 Å². The fourth-order valence-electron chi connectivity index (χ4n) is 4.74. The number of fused-ring (bicyclic) bond motifs is 2. The molecule has 0 atom stereocenters. The summed E-state index contributed by atoms with van der Waals surface area (Å²) in [5.74, 6) is 0.762. The minimum Gasteiger partial charge on any atom is -0.492 e. The number of ether oxygens (including phenoxy) is 1. The molecule has 4 aromatic carbocycles. The predicted molar refractivity (Wildman–Crippen MR) is 147 cm³/mol. The highest BCUT2D eigenvalue weighted by atomic mass is 35.5. The summed E-state index contributed by atoms with van der Waals surface area (Å²) in [7, 11) is 0. The molecule has 1 aromatic heterocycles. The molecule has 1 amide bonds. The fraction of sp³-hybridized carbons (Fsp3) is 0.0645. The van der Waals surface area contributed by atoms with Gasteiger partial charge in [-0.1, -0.05) is 66.2 Å². The van der Waals surface area contributed by atoms with Crippen LogP contribution in [0.25, 0.3) is 22.6 Å². The molecule has 0 bridgehead atoms. The number of carbonyl (C=O) groups is 1. The number of halogens is 1. The second-order valence-corrected chi connectivity index (χ2v) is 9.09. The van der Waals surface area contributed by atoms with Crippen LogP contribution in [-0.4, -0.2) is 17.1 Å². The lowest BCUT2D eigenvalue weighted by Crippen LogP contribution is -2.20. The first-order chi connectivity index (χ1) is 17.7. The van der Waals surface area contributed by atoms with E-state index in [9.17, 15) is 4.79 Å². The molecule has 4 nitrogen and oxygen atoms in total. The molecule has 0 saturated carbocycles. The molecule has 1 aliphatic rings. The highest BCUT2D eigenvalue weighted by Crippen LogP contribution is 2.42. The molecule has 0 spiro atoms. The predicted octanol–water partition coefficient (Wildman–Crippen LogP) is 7.59. The number of hydrogen-bond donors (Lipinski definition) is 0. The Hall–Kier alpha value is -4.28. The van der Waals surface area contributed by atoms with E-state index >= 15 is 0 Å². The number of rotatable bonds is 6. The monoisotopic (exact) mass is 490 g/mol. The average Bonchev–Trinajstić information content (AvgIpc) is 3.40. The van der Waals surface area contributed by atoms with Crippen molar-refractivity contribution in [1.29, 1.82) is 0 Å². The van der Waals surface area contributed by atoms with Crippen LogP contribution < -0.4 is 9.64 Å². The summed E-state index contributed by atoms with van der Waals surface area (Å²) < 4.78 is 8.11. The number of aromatic nitrogens is 1. The molecule has 0 fully saturated rings. The third-order valence-corrected chi connectivity index (χ3v) is 6.67. The molecule has 2 heterocycles. The fourth-order valence-corrected chi connectivity index (χ4v) is 4.86. The SMILES string of the molecule is O=C1/C(=C/c2cn(CCOc3ccc(Cl)cc3)c3ccccc23)c2ccccc2N1c1ccccc1. The first-order valence-electron chi connectivity index (χ1n) is 11.9. The van der Waals surface area contributed by atoms with Crippen LogP contribution in [0.2, 0.25) is 5.02 Å². The van der Waals surface area contributed by atoms with Gasteiger partial charge in [-0.05, 0) is 54.6 Å². The number of anilines is 2. The van der Waals surface area contributed by atoms with Gasteiger partial charge in [-0.25, -0.2) is 0 Å². The first-order valence-corrected chi connectivity index (χ1v) is 12.2. The lowest BCUT2D eigenvalue weighted by molar-refractivity contribution is -0.112. The molecule has 5 heteroatoms. The molecule has 5 aromatic rings. The second-order valence-electron chi connectivity index (χ2n) is 8.65. The summed E-state index contributed by atoms with van der Waals surface area (Å²) in [5.41, 5.74) is 5.50. The third-order valence-electron chi connectivity index (χ3n) is 6.42. The molecule has 36 heavy (non-hydrogen) atoms. The van der Waals surface area contributed by atoms with Gasteiger partial charge in [-0.15, -0.1) is 0 Å². The molecule has 0 N–H and O–H groups in total. The van der Waals surface area contributed by atoms with E-state index in [2.05, 4.69) is 22.9 Å². The standard InChI is InChI=1S/C31H23ClN2O2/c32-23-14-16-25(17-15-23)36-19-18-33-21-22(26-10-4-6-12-29(26)33)20-28-27-11-5-7-13-30(27)34(31(28)35)24-8-2-1-3-9-24/h1-17,20-21H,18-19H2/b28-20+. The van der Waals surface area contributed by atoms with Crippen LogP contribution in [-0.2, 0) is 11.3 Å². The number of amides is 1. The van der Waals surface area contributed by atoms with Gasteiger partial charge in [-0.3, -0.25) is 9.69 Å². The molecular formula is C31H23ClN2O2. The van der Waals surface area contributed by atoms with Gasteiger partial charge in [0.2, 0.25) is 0 Å². The van der Waals surface area contributed by atoms with Gasteiger partial charge < -0.3 is 9.30 Å². The highest BCUT2D eigenvalue weighted by molar-refractivity contribution is 6.38. The van der Waals surface area contributed by atoms with E-state index in [1.807, 2.05) is 97.1 Å². The van der Waals surface area contributed by atoms with Crippen molar-refractivity contribution in [2.45, 2.75) is 6.54 Å². The largest absolute Gasteiger partial charge is 0.492 e.